The van der Waals surface area contributed by atoms with Gasteiger partial charge in [0.1, 0.15) is 0 Å². The van der Waals surface area contributed by atoms with Gasteiger partial charge in [0.25, 0.3) is 11.8 Å². The normalized spacial score (nSPS) is 15.6. The molecule has 6 nitrogen and oxygen atoms in total. The Morgan fingerprint density at radius 1 is 0.824 bits per heavy atom. The van der Waals surface area contributed by atoms with Crippen LogP contribution in [0.5, 0.6) is 0 Å². The monoisotopic (exact) mass is 452 g/mol. The molecule has 0 saturated carbocycles. The SMILES string of the molecule is Cc1ncccc1C(=O)N1CCCN(C(=O)c2ccc(N3CC=Cc4ccccc43)cc2)CC1. The molecular weight excluding hydrogens is 424 g/mol. The lowest BCUT2D eigenvalue weighted by Crippen LogP contribution is -2.37. The number of carbonyl (C=O) groups is 2. The van der Waals surface area contributed by atoms with E-state index in [1.54, 1.807) is 12.3 Å². The summed E-state index contributed by atoms with van der Waals surface area (Å²) in [5.41, 5.74) is 5.47. The average molecular weight is 453 g/mol. The number of anilines is 2. The van der Waals surface area contributed by atoms with Crippen LogP contribution in [0.2, 0.25) is 0 Å². The Kier molecular flexibility index (Phi) is 6.12. The van der Waals surface area contributed by atoms with E-state index in [1.807, 2.05) is 59.2 Å². The van der Waals surface area contributed by atoms with Crippen LogP contribution in [0.3, 0.4) is 0 Å². The molecule has 2 amide bonds. The van der Waals surface area contributed by atoms with E-state index in [9.17, 15) is 9.59 Å². The van der Waals surface area contributed by atoms with Crippen molar-refractivity contribution in [2.24, 2.45) is 0 Å². The minimum Gasteiger partial charge on any atom is -0.337 e. The maximum atomic E-state index is 13.2. The number of hydrogen-bond donors (Lipinski definition) is 0. The summed E-state index contributed by atoms with van der Waals surface area (Å²) in [4.78, 5) is 36.4. The summed E-state index contributed by atoms with van der Waals surface area (Å²) in [6.07, 6.45) is 6.75. The van der Waals surface area contributed by atoms with E-state index in [-0.39, 0.29) is 11.8 Å². The predicted octanol–water partition coefficient (Wildman–Crippen LogP) is 4.54. The summed E-state index contributed by atoms with van der Waals surface area (Å²) >= 11 is 0. The van der Waals surface area contributed by atoms with Crippen molar-refractivity contribution in [1.29, 1.82) is 0 Å². The number of pyridine rings is 1. The van der Waals surface area contributed by atoms with Crippen LogP contribution in [0.1, 0.15) is 38.4 Å². The first-order chi connectivity index (χ1) is 16.6. The number of nitrogens with zero attached hydrogens (tertiary/aromatic N) is 4. The molecule has 3 heterocycles. The summed E-state index contributed by atoms with van der Waals surface area (Å²) in [5.74, 6) is -0.00235. The highest BCUT2D eigenvalue weighted by atomic mass is 16.2. The number of rotatable bonds is 3. The van der Waals surface area contributed by atoms with Gasteiger partial charge in [-0.15, -0.1) is 0 Å². The van der Waals surface area contributed by atoms with Gasteiger partial charge in [0.2, 0.25) is 0 Å². The number of aromatic nitrogens is 1. The van der Waals surface area contributed by atoms with Crippen molar-refractivity contribution < 1.29 is 9.59 Å². The Labute approximate surface area is 200 Å². The van der Waals surface area contributed by atoms with Crippen LogP contribution in [0.4, 0.5) is 11.4 Å². The van der Waals surface area contributed by atoms with Crippen LogP contribution in [-0.4, -0.2) is 59.3 Å². The molecule has 0 bridgehead atoms. The number of hydrogen-bond acceptors (Lipinski definition) is 4. The van der Waals surface area contributed by atoms with Crippen LogP contribution in [-0.2, 0) is 0 Å². The Hall–Kier alpha value is -3.93. The zero-order valence-electron chi connectivity index (χ0n) is 19.4. The lowest BCUT2D eigenvalue weighted by molar-refractivity contribution is 0.0718. The molecular formula is C28H28N4O2. The molecule has 1 fully saturated rings. The van der Waals surface area contributed by atoms with Gasteiger partial charge < -0.3 is 14.7 Å². The van der Waals surface area contributed by atoms with Crippen LogP contribution in [0, 0.1) is 6.92 Å². The average Bonchev–Trinajstić information content (AvgIpc) is 3.14. The molecule has 5 rings (SSSR count). The lowest BCUT2D eigenvalue weighted by atomic mass is 10.1. The molecule has 1 aromatic heterocycles. The number of para-hydroxylation sites is 1. The Morgan fingerprint density at radius 2 is 1.56 bits per heavy atom. The molecule has 0 spiro atoms. The van der Waals surface area contributed by atoms with E-state index in [4.69, 9.17) is 0 Å². The maximum Gasteiger partial charge on any atom is 0.255 e. The second kappa shape index (κ2) is 9.51. The second-order valence-corrected chi connectivity index (χ2v) is 8.69. The van der Waals surface area contributed by atoms with E-state index >= 15 is 0 Å². The standard InChI is InChI=1S/C28H28N4O2/c1-21-25(9-4-15-29-21)28(34)31-17-6-16-30(19-20-31)27(33)23-11-13-24(14-12-23)32-18-5-8-22-7-2-3-10-26(22)32/h2-5,7-15H,6,16-20H2,1H3. The molecule has 2 aliphatic heterocycles. The van der Waals surface area contributed by atoms with E-state index in [0.29, 0.717) is 37.3 Å². The minimum atomic E-state index is -0.0138. The fourth-order valence-corrected chi connectivity index (χ4v) is 4.67. The number of fused-ring (bicyclic) bond motifs is 1. The highest BCUT2D eigenvalue weighted by Gasteiger charge is 2.25. The van der Waals surface area contributed by atoms with E-state index < -0.39 is 0 Å². The molecule has 0 radical (unpaired) electrons. The highest BCUT2D eigenvalue weighted by molar-refractivity contribution is 5.96. The molecule has 0 atom stereocenters. The zero-order chi connectivity index (χ0) is 23.5. The fourth-order valence-electron chi connectivity index (χ4n) is 4.67. The minimum absolute atomic E-state index is 0.0114. The molecule has 0 N–H and O–H groups in total. The largest absolute Gasteiger partial charge is 0.337 e. The zero-order valence-corrected chi connectivity index (χ0v) is 19.4. The van der Waals surface area contributed by atoms with E-state index in [1.165, 1.54) is 11.3 Å². The summed E-state index contributed by atoms with van der Waals surface area (Å²) in [6, 6.07) is 19.8. The van der Waals surface area contributed by atoms with Gasteiger partial charge in [-0.3, -0.25) is 14.6 Å². The number of amides is 2. The van der Waals surface area contributed by atoms with Gasteiger partial charge in [-0.25, -0.2) is 0 Å². The van der Waals surface area contributed by atoms with Gasteiger partial charge in [0, 0.05) is 61.6 Å². The Morgan fingerprint density at radius 3 is 2.32 bits per heavy atom. The van der Waals surface area contributed by atoms with E-state index in [0.717, 1.165) is 24.3 Å². The summed E-state index contributed by atoms with van der Waals surface area (Å²) in [5, 5.41) is 0. The number of aryl methyl sites for hydroxylation is 1. The van der Waals surface area contributed by atoms with Crippen molar-refractivity contribution in [2.45, 2.75) is 13.3 Å². The number of carbonyl (C=O) groups excluding carboxylic acids is 2. The lowest BCUT2D eigenvalue weighted by Gasteiger charge is -2.28. The van der Waals surface area contributed by atoms with Gasteiger partial charge in [0.05, 0.1) is 5.56 Å². The Bertz CT molecular complexity index is 1240. The Balaban J connectivity index is 1.26. The van der Waals surface area contributed by atoms with Crippen molar-refractivity contribution in [3.63, 3.8) is 0 Å². The summed E-state index contributed by atoms with van der Waals surface area (Å²) < 4.78 is 0. The first-order valence-electron chi connectivity index (χ1n) is 11.7. The van der Waals surface area contributed by atoms with Gasteiger partial charge in [0.15, 0.2) is 0 Å². The predicted molar refractivity (Wildman–Crippen MR) is 134 cm³/mol. The highest BCUT2D eigenvalue weighted by Crippen LogP contribution is 2.32. The van der Waals surface area contributed by atoms with Crippen molar-refractivity contribution in [3.05, 3.63) is 95.3 Å². The van der Waals surface area contributed by atoms with Crippen molar-refractivity contribution >= 4 is 29.3 Å². The van der Waals surface area contributed by atoms with Gasteiger partial charge in [-0.05, 0) is 61.4 Å². The van der Waals surface area contributed by atoms with Crippen molar-refractivity contribution in [2.75, 3.05) is 37.6 Å². The topological polar surface area (TPSA) is 56.8 Å². The molecule has 2 aliphatic rings. The quantitative estimate of drug-likeness (QED) is 0.585. The van der Waals surface area contributed by atoms with Crippen LogP contribution >= 0.6 is 0 Å². The summed E-state index contributed by atoms with van der Waals surface area (Å²) in [7, 11) is 0. The van der Waals surface area contributed by atoms with Crippen LogP contribution < -0.4 is 4.90 Å². The second-order valence-electron chi connectivity index (χ2n) is 8.69. The molecule has 1 saturated heterocycles. The van der Waals surface area contributed by atoms with Gasteiger partial charge in [-0.1, -0.05) is 30.4 Å². The number of benzene rings is 2. The van der Waals surface area contributed by atoms with Gasteiger partial charge >= 0.3 is 0 Å². The third-order valence-electron chi connectivity index (χ3n) is 6.55. The smallest absolute Gasteiger partial charge is 0.255 e. The third kappa shape index (κ3) is 4.31. The third-order valence-corrected chi connectivity index (χ3v) is 6.55. The van der Waals surface area contributed by atoms with Crippen molar-refractivity contribution in [1.82, 2.24) is 14.8 Å². The first kappa shape index (κ1) is 21.9. The first-order valence-corrected chi connectivity index (χ1v) is 11.7. The maximum absolute atomic E-state index is 13.2. The molecule has 0 aliphatic carbocycles. The summed E-state index contributed by atoms with van der Waals surface area (Å²) in [6.45, 7) is 4.97. The fraction of sp³-hybridized carbons (Fsp3) is 0.250. The molecule has 2 aromatic carbocycles. The molecule has 6 heteroatoms. The molecule has 0 unspecified atom stereocenters. The van der Waals surface area contributed by atoms with Crippen LogP contribution in [0.15, 0.2) is 72.9 Å². The molecule has 34 heavy (non-hydrogen) atoms. The van der Waals surface area contributed by atoms with E-state index in [2.05, 4.69) is 34.2 Å². The molecule has 3 aromatic rings. The van der Waals surface area contributed by atoms with Gasteiger partial charge in [-0.2, -0.15) is 0 Å². The van der Waals surface area contributed by atoms with Crippen molar-refractivity contribution in [3.8, 4) is 0 Å². The van der Waals surface area contributed by atoms with Crippen LogP contribution in [0.25, 0.3) is 6.08 Å². The molecule has 172 valence electrons.